The molecule has 0 radical (unpaired) electrons. The molecule has 3 N–H and O–H groups in total. The number of aromatic nitrogens is 2. The van der Waals surface area contributed by atoms with Gasteiger partial charge in [0.15, 0.2) is 0 Å². The Balaban J connectivity index is 2.24. The van der Waals surface area contributed by atoms with E-state index in [1.165, 1.54) is 0 Å². The maximum absolute atomic E-state index is 6.21. The quantitative estimate of drug-likeness (QED) is 0.750. The number of hydrogen-bond acceptors (Lipinski definition) is 2. The fraction of sp³-hybridized carbons (Fsp3) is 0.0714. The molecule has 3 aromatic rings. The van der Waals surface area contributed by atoms with E-state index in [2.05, 4.69) is 9.97 Å². The maximum Gasteiger partial charge on any atom is 0.140 e. The summed E-state index contributed by atoms with van der Waals surface area (Å²) in [6.07, 6.45) is 0. The van der Waals surface area contributed by atoms with Crippen molar-refractivity contribution in [3.05, 3.63) is 52.0 Å². The van der Waals surface area contributed by atoms with Crippen molar-refractivity contribution in [1.29, 1.82) is 0 Å². The Bertz CT molecular complexity index is 750. The third-order valence-corrected chi connectivity index (χ3v) is 3.84. The predicted molar refractivity (Wildman–Crippen MR) is 79.4 cm³/mol. The van der Waals surface area contributed by atoms with Crippen LogP contribution < -0.4 is 5.73 Å². The number of rotatable bonds is 2. The third-order valence-electron chi connectivity index (χ3n) is 3.02. The Morgan fingerprint density at radius 2 is 1.89 bits per heavy atom. The fourth-order valence-electron chi connectivity index (χ4n) is 2.07. The minimum atomic E-state index is 0.449. The van der Waals surface area contributed by atoms with Gasteiger partial charge in [0.1, 0.15) is 5.82 Å². The molecule has 1 heterocycles. The van der Waals surface area contributed by atoms with Crippen molar-refractivity contribution >= 4 is 34.2 Å². The van der Waals surface area contributed by atoms with Gasteiger partial charge in [-0.25, -0.2) is 4.98 Å². The summed E-state index contributed by atoms with van der Waals surface area (Å²) in [5.41, 5.74) is 9.31. The van der Waals surface area contributed by atoms with Crippen molar-refractivity contribution < 1.29 is 0 Å². The summed E-state index contributed by atoms with van der Waals surface area (Å²) in [7, 11) is 0. The van der Waals surface area contributed by atoms with Gasteiger partial charge in [-0.15, -0.1) is 0 Å². The highest BCUT2D eigenvalue weighted by Crippen LogP contribution is 2.33. The van der Waals surface area contributed by atoms with Crippen molar-refractivity contribution in [3.8, 4) is 11.4 Å². The summed E-state index contributed by atoms with van der Waals surface area (Å²) in [5, 5.41) is 1.01. The lowest BCUT2D eigenvalue weighted by molar-refractivity contribution is 1.08. The number of hydrogen-bond donors (Lipinski definition) is 2. The first-order valence-corrected chi connectivity index (χ1v) is 6.58. The molecule has 0 atom stereocenters. The summed E-state index contributed by atoms with van der Waals surface area (Å²) in [6, 6.07) is 11.4. The van der Waals surface area contributed by atoms with Gasteiger partial charge < -0.3 is 10.7 Å². The number of aromatic amines is 1. The highest BCUT2D eigenvalue weighted by Gasteiger charge is 2.12. The molecule has 0 saturated heterocycles. The Morgan fingerprint density at radius 3 is 2.68 bits per heavy atom. The van der Waals surface area contributed by atoms with Crippen LogP contribution >= 0.6 is 23.2 Å². The van der Waals surface area contributed by atoms with E-state index in [0.29, 0.717) is 22.4 Å². The molecule has 1 aromatic heterocycles. The van der Waals surface area contributed by atoms with E-state index >= 15 is 0 Å². The first kappa shape index (κ1) is 12.5. The lowest BCUT2D eigenvalue weighted by Crippen LogP contribution is -1.96. The first-order chi connectivity index (χ1) is 9.20. The number of nitrogens with two attached hydrogens (primary N) is 1. The van der Waals surface area contributed by atoms with Gasteiger partial charge in [-0.3, -0.25) is 0 Å². The van der Waals surface area contributed by atoms with Gasteiger partial charge in [0, 0.05) is 12.1 Å². The highest BCUT2D eigenvalue weighted by molar-refractivity contribution is 6.43. The standard InChI is InChI=1S/C14H11Cl2N3/c15-10-5-2-4-9(12(10)16)14-18-11-6-1-3-8(7-17)13(11)19-14/h1-6H,7,17H2,(H,18,19). The van der Waals surface area contributed by atoms with Crippen molar-refractivity contribution in [3.63, 3.8) is 0 Å². The van der Waals surface area contributed by atoms with Crippen LogP contribution in [0, 0.1) is 0 Å². The van der Waals surface area contributed by atoms with Crippen LogP contribution in [0.3, 0.4) is 0 Å². The number of benzene rings is 2. The van der Waals surface area contributed by atoms with E-state index in [0.717, 1.165) is 22.2 Å². The van der Waals surface area contributed by atoms with Crippen molar-refractivity contribution in [2.24, 2.45) is 5.73 Å². The minimum absolute atomic E-state index is 0.449. The van der Waals surface area contributed by atoms with Crippen molar-refractivity contribution in [2.45, 2.75) is 6.54 Å². The highest BCUT2D eigenvalue weighted by atomic mass is 35.5. The number of imidazole rings is 1. The van der Waals surface area contributed by atoms with Gasteiger partial charge in [0.05, 0.1) is 21.1 Å². The van der Waals surface area contributed by atoms with Crippen molar-refractivity contribution in [2.75, 3.05) is 0 Å². The maximum atomic E-state index is 6.21. The summed E-state index contributed by atoms with van der Waals surface area (Å²) in [6.45, 7) is 0.449. The largest absolute Gasteiger partial charge is 0.338 e. The minimum Gasteiger partial charge on any atom is -0.338 e. The van der Waals surface area contributed by atoms with E-state index in [4.69, 9.17) is 28.9 Å². The zero-order chi connectivity index (χ0) is 13.4. The monoisotopic (exact) mass is 291 g/mol. The third kappa shape index (κ3) is 2.10. The zero-order valence-electron chi connectivity index (χ0n) is 9.95. The van der Waals surface area contributed by atoms with Crippen LogP contribution in [0.4, 0.5) is 0 Å². The molecule has 0 bridgehead atoms. The molecule has 0 aliphatic heterocycles. The average molecular weight is 292 g/mol. The average Bonchev–Trinajstić information content (AvgIpc) is 2.85. The van der Waals surface area contributed by atoms with Gasteiger partial charge in [-0.05, 0) is 23.8 Å². The Hall–Kier alpha value is -1.55. The topological polar surface area (TPSA) is 54.7 Å². The Morgan fingerprint density at radius 1 is 1.11 bits per heavy atom. The number of nitrogens with zero attached hydrogens (tertiary/aromatic N) is 1. The predicted octanol–water partition coefficient (Wildman–Crippen LogP) is 4.00. The molecule has 3 nitrogen and oxygen atoms in total. The molecule has 0 aliphatic rings. The molecule has 19 heavy (non-hydrogen) atoms. The summed E-state index contributed by atoms with van der Waals surface area (Å²) in [5.74, 6) is 0.698. The van der Waals surface area contributed by atoms with E-state index < -0.39 is 0 Å². The van der Waals surface area contributed by atoms with Crippen LogP contribution in [0.5, 0.6) is 0 Å². The second-order valence-corrected chi connectivity index (χ2v) is 4.99. The van der Waals surface area contributed by atoms with Gasteiger partial charge in [-0.1, -0.05) is 41.4 Å². The fourth-order valence-corrected chi connectivity index (χ4v) is 2.46. The van der Waals surface area contributed by atoms with Gasteiger partial charge in [0.25, 0.3) is 0 Å². The molecule has 0 saturated carbocycles. The van der Waals surface area contributed by atoms with E-state index in [9.17, 15) is 0 Å². The van der Waals surface area contributed by atoms with Crippen LogP contribution in [0.25, 0.3) is 22.4 Å². The second-order valence-electron chi connectivity index (χ2n) is 4.20. The van der Waals surface area contributed by atoms with Crippen molar-refractivity contribution in [1.82, 2.24) is 9.97 Å². The lowest BCUT2D eigenvalue weighted by atomic mass is 10.2. The van der Waals surface area contributed by atoms with Crippen LogP contribution in [-0.4, -0.2) is 9.97 Å². The Kier molecular flexibility index (Phi) is 3.19. The number of halogens is 2. The van der Waals surface area contributed by atoms with Crippen LogP contribution in [0.2, 0.25) is 10.0 Å². The number of nitrogens with one attached hydrogen (secondary N) is 1. The van der Waals surface area contributed by atoms with Crippen LogP contribution in [0.15, 0.2) is 36.4 Å². The summed E-state index contributed by atoms with van der Waals surface area (Å²) < 4.78 is 0. The molecule has 0 fully saturated rings. The van der Waals surface area contributed by atoms with Crippen LogP contribution in [0.1, 0.15) is 5.56 Å². The van der Waals surface area contributed by atoms with Gasteiger partial charge in [-0.2, -0.15) is 0 Å². The van der Waals surface area contributed by atoms with E-state index in [1.54, 1.807) is 6.07 Å². The molecular formula is C14H11Cl2N3. The smallest absolute Gasteiger partial charge is 0.140 e. The van der Waals surface area contributed by atoms with Gasteiger partial charge in [0.2, 0.25) is 0 Å². The van der Waals surface area contributed by atoms with Gasteiger partial charge >= 0.3 is 0 Å². The van der Waals surface area contributed by atoms with E-state index in [1.807, 2.05) is 30.3 Å². The number of para-hydroxylation sites is 1. The SMILES string of the molecule is NCc1cccc2[nH]c(-c3cccc(Cl)c3Cl)nc12. The second kappa shape index (κ2) is 4.85. The molecule has 0 spiro atoms. The van der Waals surface area contributed by atoms with Crippen LogP contribution in [-0.2, 0) is 6.54 Å². The summed E-state index contributed by atoms with van der Waals surface area (Å²) >= 11 is 12.2. The van der Waals surface area contributed by atoms with E-state index in [-0.39, 0.29) is 0 Å². The Labute approximate surface area is 120 Å². The molecule has 5 heteroatoms. The lowest BCUT2D eigenvalue weighted by Gasteiger charge is -2.01. The summed E-state index contributed by atoms with van der Waals surface area (Å²) in [4.78, 5) is 7.82. The molecule has 0 aliphatic carbocycles. The molecule has 2 aromatic carbocycles. The first-order valence-electron chi connectivity index (χ1n) is 5.83. The number of fused-ring (bicyclic) bond motifs is 1. The number of H-pyrrole nitrogens is 1. The molecular weight excluding hydrogens is 281 g/mol. The molecule has 96 valence electrons. The molecule has 0 amide bonds. The molecule has 3 rings (SSSR count). The zero-order valence-corrected chi connectivity index (χ0v) is 11.5. The normalized spacial score (nSPS) is 11.1. The molecule has 0 unspecified atom stereocenters.